The summed E-state index contributed by atoms with van der Waals surface area (Å²) in [6.45, 7) is 4.92. The zero-order valence-corrected chi connectivity index (χ0v) is 49.6. The minimum Gasteiger partial charge on any atom is -0.466 e. The molecule has 0 saturated carbocycles. The highest BCUT2D eigenvalue weighted by molar-refractivity contribution is 5.76. The molecule has 2 atom stereocenters. The highest BCUT2D eigenvalue weighted by Gasteiger charge is 2.18. The van der Waals surface area contributed by atoms with Crippen LogP contribution >= 0.6 is 0 Å². The number of allylic oxidation sites excluding steroid dienone is 1. The number of hydrogen-bond donors (Lipinski definition) is 3. The molecule has 73 heavy (non-hydrogen) atoms. The topological polar surface area (TPSA) is 95.9 Å². The lowest BCUT2D eigenvalue weighted by molar-refractivity contribution is -0.143. The van der Waals surface area contributed by atoms with Gasteiger partial charge in [0, 0.05) is 12.8 Å². The van der Waals surface area contributed by atoms with Gasteiger partial charge in [0.1, 0.15) is 0 Å². The van der Waals surface area contributed by atoms with Gasteiger partial charge in [-0.2, -0.15) is 0 Å². The van der Waals surface area contributed by atoms with Crippen LogP contribution in [0.25, 0.3) is 0 Å². The molecule has 0 aliphatic heterocycles. The molecule has 3 N–H and O–H groups in total. The monoisotopic (exact) mass is 1030 g/mol. The van der Waals surface area contributed by atoms with Gasteiger partial charge in [0.15, 0.2) is 0 Å². The minimum absolute atomic E-state index is 0.0233. The molecule has 0 radical (unpaired) electrons. The van der Waals surface area contributed by atoms with Crippen LogP contribution in [0.5, 0.6) is 0 Å². The van der Waals surface area contributed by atoms with Crippen LogP contribution in [0, 0.1) is 0 Å². The van der Waals surface area contributed by atoms with Crippen LogP contribution in [0.15, 0.2) is 12.2 Å². The number of carbonyl (C=O) groups excluding carboxylic acids is 2. The standard InChI is InChI=1S/C67H131NO5/c1-3-5-7-9-11-13-15-16-37-41-45-49-53-57-61-67(72)73-62-58-54-50-46-42-38-35-33-31-29-27-25-23-21-19-17-18-20-22-24-26-28-30-32-34-36-40-44-48-52-56-60-66(71)68-64(63-69)65(70)59-55-51-47-43-39-14-12-10-8-6-4-2/h55,59,64-65,69-70H,3-54,56-58,60-63H2,1-2H3,(H,68,71)/b59-55+. The number of unbranched alkanes of at least 4 members (excludes halogenated alkanes) is 52. The largest absolute Gasteiger partial charge is 0.466 e. The summed E-state index contributed by atoms with van der Waals surface area (Å²) in [5.74, 6) is -0.0399. The van der Waals surface area contributed by atoms with E-state index in [4.69, 9.17) is 4.74 Å². The van der Waals surface area contributed by atoms with Gasteiger partial charge < -0.3 is 20.3 Å². The van der Waals surface area contributed by atoms with Gasteiger partial charge >= 0.3 is 5.97 Å². The maximum absolute atomic E-state index is 12.4. The summed E-state index contributed by atoms with van der Waals surface area (Å²) in [7, 11) is 0. The molecule has 0 aromatic heterocycles. The predicted octanol–water partition coefficient (Wildman–Crippen LogP) is 21.2. The molecule has 0 bridgehead atoms. The number of esters is 1. The molecule has 0 heterocycles. The summed E-state index contributed by atoms with van der Waals surface area (Å²) in [5, 5.41) is 23.0. The van der Waals surface area contributed by atoms with E-state index in [0.29, 0.717) is 19.4 Å². The van der Waals surface area contributed by atoms with Crippen molar-refractivity contribution in [3.05, 3.63) is 12.2 Å². The van der Waals surface area contributed by atoms with E-state index in [0.717, 1.165) is 38.5 Å². The molecule has 0 spiro atoms. The van der Waals surface area contributed by atoms with Crippen molar-refractivity contribution in [3.8, 4) is 0 Å². The SMILES string of the molecule is CCCCCCCCCCC/C=C/C(O)C(CO)NC(=O)CCCCCCCCCCCCCCCCCCCCCCCCCCCCCCCCCOC(=O)CCCCCCCCCCCCCCCC. The van der Waals surface area contributed by atoms with Gasteiger partial charge in [-0.3, -0.25) is 9.59 Å². The molecular formula is C67H131NO5. The van der Waals surface area contributed by atoms with Crippen LogP contribution in [-0.2, 0) is 14.3 Å². The first kappa shape index (κ1) is 71.6. The molecule has 0 aromatic rings. The van der Waals surface area contributed by atoms with Crippen molar-refractivity contribution in [2.75, 3.05) is 13.2 Å². The summed E-state index contributed by atoms with van der Waals surface area (Å²) in [6.07, 6.45) is 77.2. The van der Waals surface area contributed by atoms with Crippen molar-refractivity contribution in [1.29, 1.82) is 0 Å². The van der Waals surface area contributed by atoms with Gasteiger partial charge in [0.25, 0.3) is 0 Å². The molecule has 6 nitrogen and oxygen atoms in total. The Morgan fingerprint density at radius 2 is 0.630 bits per heavy atom. The maximum atomic E-state index is 12.4. The van der Waals surface area contributed by atoms with Crippen LogP contribution in [0.1, 0.15) is 380 Å². The molecule has 0 aliphatic carbocycles. The molecule has 434 valence electrons. The highest BCUT2D eigenvalue weighted by Crippen LogP contribution is 2.19. The van der Waals surface area contributed by atoms with Gasteiger partial charge in [-0.25, -0.2) is 0 Å². The zero-order valence-electron chi connectivity index (χ0n) is 49.6. The Morgan fingerprint density at radius 3 is 0.932 bits per heavy atom. The quantitative estimate of drug-likeness (QED) is 0.0320. The number of amides is 1. The molecule has 0 rings (SSSR count). The van der Waals surface area contributed by atoms with Crippen molar-refractivity contribution in [2.24, 2.45) is 0 Å². The molecule has 2 unspecified atom stereocenters. The van der Waals surface area contributed by atoms with E-state index >= 15 is 0 Å². The highest BCUT2D eigenvalue weighted by atomic mass is 16.5. The Kier molecular flexibility index (Phi) is 61.9. The molecule has 0 saturated heterocycles. The molecule has 6 heteroatoms. The second-order valence-corrected chi connectivity index (χ2v) is 23.2. The van der Waals surface area contributed by atoms with Crippen LogP contribution in [0.2, 0.25) is 0 Å². The number of hydrogen-bond acceptors (Lipinski definition) is 5. The number of aliphatic hydroxyl groups is 2. The predicted molar refractivity (Wildman–Crippen MR) is 320 cm³/mol. The molecule has 0 aromatic carbocycles. The third kappa shape index (κ3) is 59.7. The smallest absolute Gasteiger partial charge is 0.305 e. The van der Waals surface area contributed by atoms with Crippen LogP contribution in [0.4, 0.5) is 0 Å². The Balaban J connectivity index is 3.30. The molecular weight excluding hydrogens is 899 g/mol. The van der Waals surface area contributed by atoms with E-state index in [2.05, 4.69) is 19.2 Å². The first-order valence-corrected chi connectivity index (χ1v) is 33.5. The number of nitrogens with one attached hydrogen (secondary N) is 1. The number of rotatable bonds is 63. The second-order valence-electron chi connectivity index (χ2n) is 23.2. The van der Waals surface area contributed by atoms with E-state index in [1.165, 1.54) is 315 Å². The number of aliphatic hydroxyl groups excluding tert-OH is 2. The van der Waals surface area contributed by atoms with E-state index in [-0.39, 0.29) is 18.5 Å². The average Bonchev–Trinajstić information content (AvgIpc) is 3.39. The van der Waals surface area contributed by atoms with Gasteiger partial charge in [0.2, 0.25) is 5.91 Å². The average molecular weight is 1030 g/mol. The van der Waals surface area contributed by atoms with E-state index < -0.39 is 12.1 Å². The lowest BCUT2D eigenvalue weighted by atomic mass is 10.0. The van der Waals surface area contributed by atoms with Gasteiger partial charge in [-0.05, 0) is 32.1 Å². The minimum atomic E-state index is -0.839. The van der Waals surface area contributed by atoms with Crippen molar-refractivity contribution >= 4 is 11.9 Å². The Bertz CT molecular complexity index is 1100. The first-order valence-electron chi connectivity index (χ1n) is 33.5. The van der Waals surface area contributed by atoms with Crippen molar-refractivity contribution in [3.63, 3.8) is 0 Å². The summed E-state index contributed by atoms with van der Waals surface area (Å²) >= 11 is 0. The Labute approximate surface area is 457 Å². The number of carbonyl (C=O) groups is 2. The lowest BCUT2D eigenvalue weighted by Crippen LogP contribution is -2.45. The Hall–Kier alpha value is -1.40. The van der Waals surface area contributed by atoms with E-state index in [9.17, 15) is 19.8 Å². The fourth-order valence-corrected chi connectivity index (χ4v) is 10.7. The van der Waals surface area contributed by atoms with Gasteiger partial charge in [-0.1, -0.05) is 347 Å². The normalized spacial score (nSPS) is 12.5. The second kappa shape index (κ2) is 63.1. The van der Waals surface area contributed by atoms with Crippen molar-refractivity contribution in [2.45, 2.75) is 392 Å². The summed E-state index contributed by atoms with van der Waals surface area (Å²) < 4.78 is 5.49. The van der Waals surface area contributed by atoms with Crippen molar-refractivity contribution < 1.29 is 24.5 Å². The van der Waals surface area contributed by atoms with Crippen LogP contribution in [-0.4, -0.2) is 47.4 Å². The van der Waals surface area contributed by atoms with Crippen molar-refractivity contribution in [1.82, 2.24) is 5.32 Å². The zero-order chi connectivity index (χ0) is 52.9. The summed E-state index contributed by atoms with van der Waals surface area (Å²) in [6, 6.07) is -0.622. The lowest BCUT2D eigenvalue weighted by Gasteiger charge is -2.20. The van der Waals surface area contributed by atoms with Gasteiger partial charge in [0.05, 0.1) is 25.4 Å². The molecule has 0 fully saturated rings. The third-order valence-electron chi connectivity index (χ3n) is 15.8. The van der Waals surface area contributed by atoms with E-state index in [1.54, 1.807) is 6.08 Å². The first-order chi connectivity index (χ1) is 36.0. The van der Waals surface area contributed by atoms with Crippen LogP contribution in [0.3, 0.4) is 0 Å². The fourth-order valence-electron chi connectivity index (χ4n) is 10.7. The fraction of sp³-hybridized carbons (Fsp3) is 0.940. The maximum Gasteiger partial charge on any atom is 0.305 e. The molecule has 1 amide bonds. The van der Waals surface area contributed by atoms with Crippen LogP contribution < -0.4 is 5.32 Å². The van der Waals surface area contributed by atoms with E-state index in [1.807, 2.05) is 6.08 Å². The number of ether oxygens (including phenoxy) is 1. The molecule has 0 aliphatic rings. The third-order valence-corrected chi connectivity index (χ3v) is 15.8. The van der Waals surface area contributed by atoms with Gasteiger partial charge in [-0.15, -0.1) is 0 Å². The summed E-state index contributed by atoms with van der Waals surface area (Å²) in [5.41, 5.74) is 0. The summed E-state index contributed by atoms with van der Waals surface area (Å²) in [4.78, 5) is 24.5. The Morgan fingerprint density at radius 1 is 0.370 bits per heavy atom.